The molecular formula is C24H19IN4O3S. The number of halogens is 1. The molecule has 0 spiro atoms. The molecule has 2 aromatic heterocycles. The van der Waals surface area contributed by atoms with E-state index in [2.05, 4.69) is 32.3 Å². The minimum atomic E-state index is -0.248. The Bertz CT molecular complexity index is 1410. The van der Waals surface area contributed by atoms with Crippen LogP contribution in [-0.2, 0) is 4.79 Å². The van der Waals surface area contributed by atoms with E-state index < -0.39 is 0 Å². The topological polar surface area (TPSA) is 76.8 Å². The fraction of sp³-hybridized carbons (Fsp3) is 0.125. The van der Waals surface area contributed by atoms with Gasteiger partial charge in [0.05, 0.1) is 18.4 Å². The van der Waals surface area contributed by atoms with Crippen molar-refractivity contribution in [2.75, 3.05) is 21.2 Å². The maximum Gasteiger partial charge on any atom is 0.255 e. The van der Waals surface area contributed by atoms with E-state index in [-0.39, 0.29) is 11.6 Å². The Labute approximate surface area is 207 Å². The van der Waals surface area contributed by atoms with Crippen LogP contribution >= 0.6 is 30.3 Å². The van der Waals surface area contributed by atoms with Gasteiger partial charge in [-0.1, -0.05) is 24.3 Å². The molecule has 2 heterocycles. The maximum absolute atomic E-state index is 12.7. The second-order valence-electron chi connectivity index (χ2n) is 7.37. The number of benzene rings is 2. The monoisotopic (exact) mass is 570 g/mol. The number of hydrogen-bond acceptors (Lipinski definition) is 6. The minimum absolute atomic E-state index is 0.248. The van der Waals surface area contributed by atoms with Gasteiger partial charge in [-0.3, -0.25) is 8.77 Å². The normalized spacial score (nSPS) is 10.7. The van der Waals surface area contributed by atoms with Gasteiger partial charge in [0.1, 0.15) is 5.75 Å². The number of rotatable bonds is 6. The molecule has 4 rings (SSSR count). The number of aromatic nitrogens is 2. The molecule has 9 heteroatoms. The average Bonchev–Trinajstić information content (AvgIpc) is 3.21. The van der Waals surface area contributed by atoms with Crippen molar-refractivity contribution >= 4 is 59.0 Å². The van der Waals surface area contributed by atoms with Gasteiger partial charge >= 0.3 is 0 Å². The first kappa shape index (κ1) is 23.0. The third-order valence-corrected chi connectivity index (χ3v) is 6.92. The quantitative estimate of drug-likeness (QED) is 0.164. The molecule has 0 fully saturated rings. The van der Waals surface area contributed by atoms with Crippen molar-refractivity contribution < 1.29 is 14.3 Å². The smallest absolute Gasteiger partial charge is 0.255 e. The molecule has 33 heavy (non-hydrogen) atoms. The number of hydrogen-bond donors (Lipinski definition) is 0. The number of amides is 1. The first-order chi connectivity index (χ1) is 16.0. The predicted molar refractivity (Wildman–Crippen MR) is 140 cm³/mol. The van der Waals surface area contributed by atoms with Crippen molar-refractivity contribution in [3.8, 4) is 28.0 Å². The van der Waals surface area contributed by atoms with Gasteiger partial charge in [0, 0.05) is 78.9 Å². The Morgan fingerprint density at radius 1 is 1.15 bits per heavy atom. The number of para-hydroxylation sites is 1. The minimum Gasteiger partial charge on any atom is -0.496 e. The van der Waals surface area contributed by atoms with Crippen LogP contribution in [0.4, 0.5) is 5.69 Å². The lowest BCUT2D eigenvalue weighted by Crippen LogP contribution is -2.21. The molecule has 0 saturated heterocycles. The number of isocyanates is 1. The maximum atomic E-state index is 12.7. The molecule has 166 valence electrons. The molecule has 7 nitrogen and oxygen atoms in total. The molecule has 0 bridgehead atoms. The highest BCUT2D eigenvalue weighted by Crippen LogP contribution is 2.39. The van der Waals surface area contributed by atoms with Crippen LogP contribution in [0.25, 0.3) is 33.3 Å². The van der Waals surface area contributed by atoms with E-state index in [9.17, 15) is 9.59 Å². The van der Waals surface area contributed by atoms with Crippen LogP contribution in [0.3, 0.4) is 0 Å². The summed E-state index contributed by atoms with van der Waals surface area (Å²) in [6.07, 6.45) is 5.34. The molecule has 0 saturated carbocycles. The number of carbonyl (C=O) groups excluding carboxylic acids is 2. The SMILES string of the molecule is COc1ccccc1-c1cn(SI)c2ncc(-c3ccc(N=C=O)c(C(=O)N(C)C)c3)cc12. The molecular weight excluding hydrogens is 551 g/mol. The number of nitrogens with zero attached hydrogens (tertiary/aromatic N) is 4. The lowest BCUT2D eigenvalue weighted by atomic mass is 9.99. The zero-order valence-corrected chi connectivity index (χ0v) is 21.0. The zero-order chi connectivity index (χ0) is 23.5. The van der Waals surface area contributed by atoms with E-state index in [0.717, 1.165) is 39.0 Å². The second-order valence-corrected chi connectivity index (χ2v) is 9.08. The Morgan fingerprint density at radius 2 is 1.94 bits per heavy atom. The van der Waals surface area contributed by atoms with Gasteiger partial charge in [-0.05, 0) is 29.8 Å². The molecule has 0 aliphatic carbocycles. The fourth-order valence-electron chi connectivity index (χ4n) is 3.65. The summed E-state index contributed by atoms with van der Waals surface area (Å²) in [5.41, 5.74) is 5.02. The summed E-state index contributed by atoms with van der Waals surface area (Å²) in [6.45, 7) is 0. The van der Waals surface area contributed by atoms with Crippen LogP contribution in [0.15, 0.2) is 65.9 Å². The lowest BCUT2D eigenvalue weighted by Gasteiger charge is -2.13. The van der Waals surface area contributed by atoms with Crippen molar-refractivity contribution in [1.29, 1.82) is 0 Å². The van der Waals surface area contributed by atoms with Gasteiger partial charge in [-0.2, -0.15) is 4.99 Å². The largest absolute Gasteiger partial charge is 0.496 e. The number of methoxy groups -OCH3 is 1. The van der Waals surface area contributed by atoms with E-state index in [1.54, 1.807) is 39.5 Å². The zero-order valence-electron chi connectivity index (χ0n) is 18.1. The van der Waals surface area contributed by atoms with Gasteiger partial charge in [0.25, 0.3) is 5.91 Å². The van der Waals surface area contributed by atoms with E-state index in [4.69, 9.17) is 9.72 Å². The van der Waals surface area contributed by atoms with E-state index in [1.165, 1.54) is 20.1 Å². The number of carbonyl (C=O) groups is 1. The highest BCUT2D eigenvalue weighted by Gasteiger charge is 2.18. The fourth-order valence-corrected chi connectivity index (χ4v) is 4.90. The van der Waals surface area contributed by atoms with Crippen LogP contribution in [0.2, 0.25) is 0 Å². The van der Waals surface area contributed by atoms with Gasteiger partial charge in [0.15, 0.2) is 5.65 Å². The van der Waals surface area contributed by atoms with Crippen LogP contribution in [0.1, 0.15) is 10.4 Å². The summed E-state index contributed by atoms with van der Waals surface area (Å²) >= 11 is 2.23. The van der Waals surface area contributed by atoms with Crippen molar-refractivity contribution in [1.82, 2.24) is 13.9 Å². The molecule has 0 N–H and O–H groups in total. The summed E-state index contributed by atoms with van der Waals surface area (Å²) in [7, 11) is 6.49. The summed E-state index contributed by atoms with van der Waals surface area (Å²) in [6, 6.07) is 15.1. The first-order valence-electron chi connectivity index (χ1n) is 9.86. The highest BCUT2D eigenvalue weighted by molar-refractivity contribution is 14.2. The summed E-state index contributed by atoms with van der Waals surface area (Å²) in [4.78, 5) is 33.4. The standard InChI is InChI=1S/C24H19IN4O3S/c1-28(2)24(31)19-10-15(8-9-21(19)27-14-30)16-11-18-20(13-29(33-25)23(18)26-12-16)17-6-4-5-7-22(17)32-3/h4-13H,1-3H3. The average molecular weight is 570 g/mol. The van der Waals surface area contributed by atoms with Crippen molar-refractivity contribution in [2.45, 2.75) is 0 Å². The third-order valence-electron chi connectivity index (χ3n) is 5.22. The number of aliphatic imine (C=N–C) groups is 1. The van der Waals surface area contributed by atoms with Crippen LogP contribution in [0, 0.1) is 0 Å². The third kappa shape index (κ3) is 4.39. The van der Waals surface area contributed by atoms with E-state index in [0.29, 0.717) is 5.56 Å². The first-order valence-corrected chi connectivity index (χ1v) is 13.2. The van der Waals surface area contributed by atoms with Gasteiger partial charge in [-0.25, -0.2) is 9.78 Å². The van der Waals surface area contributed by atoms with Crippen molar-refractivity contribution in [3.63, 3.8) is 0 Å². The number of fused-ring (bicyclic) bond motifs is 1. The summed E-state index contributed by atoms with van der Waals surface area (Å²) in [5, 5.41) is 0.955. The summed E-state index contributed by atoms with van der Waals surface area (Å²) in [5.74, 6) is 0.525. The predicted octanol–water partition coefficient (Wildman–Crippen LogP) is 5.89. The van der Waals surface area contributed by atoms with Crippen molar-refractivity contribution in [2.24, 2.45) is 4.99 Å². The molecule has 4 aromatic rings. The van der Waals surface area contributed by atoms with Gasteiger partial charge in [0.2, 0.25) is 6.08 Å². The Morgan fingerprint density at radius 3 is 2.64 bits per heavy atom. The Balaban J connectivity index is 1.92. The van der Waals surface area contributed by atoms with Crippen LogP contribution in [-0.4, -0.2) is 47.0 Å². The van der Waals surface area contributed by atoms with Crippen LogP contribution < -0.4 is 4.74 Å². The molecule has 0 aliphatic heterocycles. The lowest BCUT2D eigenvalue weighted by molar-refractivity contribution is 0.0828. The molecule has 0 aliphatic rings. The highest BCUT2D eigenvalue weighted by atomic mass is 127. The number of pyridine rings is 1. The summed E-state index contributed by atoms with van der Waals surface area (Å²) < 4.78 is 7.59. The second kappa shape index (κ2) is 9.78. The Hall–Kier alpha value is -3.14. The van der Waals surface area contributed by atoms with Crippen molar-refractivity contribution in [3.05, 3.63) is 66.5 Å². The van der Waals surface area contributed by atoms with Gasteiger partial charge in [-0.15, -0.1) is 0 Å². The van der Waals surface area contributed by atoms with E-state index >= 15 is 0 Å². The van der Waals surface area contributed by atoms with E-state index in [1.807, 2.05) is 40.5 Å². The molecule has 0 unspecified atom stereocenters. The number of ether oxygens (including phenoxy) is 1. The molecule has 0 radical (unpaired) electrons. The van der Waals surface area contributed by atoms with Gasteiger partial charge < -0.3 is 9.64 Å². The Kier molecular flexibility index (Phi) is 6.83. The molecule has 1 amide bonds. The van der Waals surface area contributed by atoms with Crippen LogP contribution in [0.5, 0.6) is 5.75 Å². The molecule has 2 aromatic carbocycles. The molecule has 0 atom stereocenters.